The monoisotopic (exact) mass is 213 g/mol. The molecule has 0 aliphatic carbocycles. The van der Waals surface area contributed by atoms with Crippen LogP contribution in [0.4, 0.5) is 4.39 Å². The first-order valence-electron chi connectivity index (χ1n) is 4.86. The summed E-state index contributed by atoms with van der Waals surface area (Å²) >= 11 is 1.62. The zero-order valence-corrected chi connectivity index (χ0v) is 9.19. The van der Waals surface area contributed by atoms with Crippen molar-refractivity contribution in [3.63, 3.8) is 0 Å². The molecule has 0 aliphatic heterocycles. The Kier molecular flexibility index (Phi) is 4.98. The van der Waals surface area contributed by atoms with Crippen molar-refractivity contribution in [3.05, 3.63) is 30.1 Å². The van der Waals surface area contributed by atoms with Crippen molar-refractivity contribution in [1.82, 2.24) is 0 Å². The van der Waals surface area contributed by atoms with E-state index in [-0.39, 0.29) is 11.9 Å². The maximum Gasteiger partial charge on any atom is 0.124 e. The molecule has 0 amide bonds. The minimum absolute atomic E-state index is 0.181. The topological polar surface area (TPSA) is 26.0 Å². The molecule has 14 heavy (non-hydrogen) atoms. The molecule has 1 atom stereocenters. The van der Waals surface area contributed by atoms with Gasteiger partial charge >= 0.3 is 0 Å². The molecule has 0 saturated heterocycles. The number of benzene rings is 1. The second-order valence-electron chi connectivity index (χ2n) is 3.32. The van der Waals surface area contributed by atoms with Gasteiger partial charge in [0.25, 0.3) is 0 Å². The van der Waals surface area contributed by atoms with E-state index in [1.54, 1.807) is 23.9 Å². The highest BCUT2D eigenvalue weighted by Crippen LogP contribution is 2.19. The van der Waals surface area contributed by atoms with E-state index in [4.69, 9.17) is 5.73 Å². The number of hydrogen-bond acceptors (Lipinski definition) is 2. The third-order valence-electron chi connectivity index (χ3n) is 1.92. The number of thioether (sulfide) groups is 1. The molecule has 0 saturated carbocycles. The quantitative estimate of drug-likeness (QED) is 0.761. The summed E-state index contributed by atoms with van der Waals surface area (Å²) in [6, 6.07) is 6.85. The average molecular weight is 213 g/mol. The van der Waals surface area contributed by atoms with E-state index in [0.717, 1.165) is 23.5 Å². The summed E-state index contributed by atoms with van der Waals surface area (Å²) in [7, 11) is 0. The Labute approximate surface area is 88.9 Å². The van der Waals surface area contributed by atoms with Crippen molar-refractivity contribution in [2.24, 2.45) is 5.73 Å². The van der Waals surface area contributed by atoms with E-state index in [9.17, 15) is 4.39 Å². The maximum atomic E-state index is 12.8. The zero-order chi connectivity index (χ0) is 10.4. The molecular formula is C11H16FNS. The molecule has 78 valence electrons. The summed E-state index contributed by atoms with van der Waals surface area (Å²) in [4.78, 5) is 0.955. The number of nitrogens with two attached hydrogens (primary N) is 1. The summed E-state index contributed by atoms with van der Waals surface area (Å²) in [6.45, 7) is 2.12. The highest BCUT2D eigenvalue weighted by Gasteiger charge is 2.02. The summed E-state index contributed by atoms with van der Waals surface area (Å²) < 4.78 is 12.8. The van der Waals surface area contributed by atoms with Gasteiger partial charge in [-0.2, -0.15) is 0 Å². The van der Waals surface area contributed by atoms with Gasteiger partial charge in [0.15, 0.2) is 0 Å². The third-order valence-corrected chi connectivity index (χ3v) is 3.10. The zero-order valence-electron chi connectivity index (χ0n) is 8.37. The molecule has 0 fully saturated rings. The number of halogens is 1. The lowest BCUT2D eigenvalue weighted by atomic mass is 10.2. The number of hydrogen-bond donors (Lipinski definition) is 1. The molecule has 1 rings (SSSR count). The second kappa shape index (κ2) is 6.04. The molecule has 0 spiro atoms. The highest BCUT2D eigenvalue weighted by atomic mass is 32.2. The molecule has 0 aliphatic rings. The van der Waals surface area contributed by atoms with E-state index < -0.39 is 0 Å². The normalized spacial score (nSPS) is 12.8. The first kappa shape index (κ1) is 11.5. The lowest BCUT2D eigenvalue weighted by Crippen LogP contribution is -2.22. The Morgan fingerprint density at radius 1 is 1.50 bits per heavy atom. The van der Waals surface area contributed by atoms with Gasteiger partial charge in [0.05, 0.1) is 0 Å². The summed E-state index contributed by atoms with van der Waals surface area (Å²) in [5.74, 6) is 0.677. The fraction of sp³-hybridized carbons (Fsp3) is 0.455. The molecule has 2 N–H and O–H groups in total. The van der Waals surface area contributed by atoms with Crippen LogP contribution in [0.5, 0.6) is 0 Å². The molecule has 0 unspecified atom stereocenters. The Bertz CT molecular complexity index is 278. The van der Waals surface area contributed by atoms with Gasteiger partial charge in [-0.25, -0.2) is 4.39 Å². The van der Waals surface area contributed by atoms with Crippen LogP contribution >= 0.6 is 11.8 Å². The first-order valence-corrected chi connectivity index (χ1v) is 5.85. The maximum absolute atomic E-state index is 12.8. The van der Waals surface area contributed by atoms with Crippen LogP contribution in [0.3, 0.4) is 0 Å². The van der Waals surface area contributed by atoms with Gasteiger partial charge in [-0.1, -0.05) is 19.4 Å². The summed E-state index contributed by atoms with van der Waals surface area (Å²) in [6.07, 6.45) is 2.13. The number of rotatable bonds is 5. The van der Waals surface area contributed by atoms with Crippen LogP contribution in [0, 0.1) is 5.82 Å². The molecule has 1 aromatic carbocycles. The predicted molar refractivity (Wildman–Crippen MR) is 60.0 cm³/mol. The average Bonchev–Trinajstić information content (AvgIpc) is 2.15. The smallest absolute Gasteiger partial charge is 0.124 e. The molecule has 0 heterocycles. The Morgan fingerprint density at radius 2 is 2.29 bits per heavy atom. The van der Waals surface area contributed by atoms with Crippen LogP contribution in [-0.4, -0.2) is 11.8 Å². The van der Waals surface area contributed by atoms with Gasteiger partial charge in [0.2, 0.25) is 0 Å². The van der Waals surface area contributed by atoms with Crippen molar-refractivity contribution in [2.75, 3.05) is 5.75 Å². The van der Waals surface area contributed by atoms with Gasteiger partial charge in [-0.3, -0.25) is 0 Å². The molecular weight excluding hydrogens is 197 g/mol. The van der Waals surface area contributed by atoms with Crippen molar-refractivity contribution < 1.29 is 4.39 Å². The van der Waals surface area contributed by atoms with E-state index in [2.05, 4.69) is 6.92 Å². The highest BCUT2D eigenvalue weighted by molar-refractivity contribution is 7.99. The standard InChI is InChI=1S/C11H16FNS/c1-2-4-10(13)8-14-11-6-3-5-9(12)7-11/h3,5-7,10H,2,4,8,13H2,1H3/t10-/m0/s1. The predicted octanol–water partition coefficient (Wildman–Crippen LogP) is 3.05. The SMILES string of the molecule is CCC[C@H](N)CSc1cccc(F)c1. The molecule has 1 nitrogen and oxygen atoms in total. The van der Waals surface area contributed by atoms with Crippen LogP contribution in [0.2, 0.25) is 0 Å². The minimum atomic E-state index is -0.181. The van der Waals surface area contributed by atoms with E-state index in [0.29, 0.717) is 0 Å². The van der Waals surface area contributed by atoms with Crippen molar-refractivity contribution in [1.29, 1.82) is 0 Å². The molecule has 0 aromatic heterocycles. The fourth-order valence-electron chi connectivity index (χ4n) is 1.21. The van der Waals surface area contributed by atoms with Gasteiger partial charge in [0.1, 0.15) is 5.82 Å². The van der Waals surface area contributed by atoms with Gasteiger partial charge < -0.3 is 5.73 Å². The van der Waals surface area contributed by atoms with Gasteiger partial charge in [-0.15, -0.1) is 11.8 Å². The summed E-state index contributed by atoms with van der Waals surface area (Å²) in [5, 5.41) is 0. The molecule has 0 radical (unpaired) electrons. The second-order valence-corrected chi connectivity index (χ2v) is 4.41. The Hall–Kier alpha value is -0.540. The van der Waals surface area contributed by atoms with Crippen LogP contribution in [-0.2, 0) is 0 Å². The lowest BCUT2D eigenvalue weighted by molar-refractivity contribution is 0.624. The van der Waals surface area contributed by atoms with Crippen LogP contribution in [0.1, 0.15) is 19.8 Å². The largest absolute Gasteiger partial charge is 0.327 e. The van der Waals surface area contributed by atoms with E-state index in [1.165, 1.54) is 6.07 Å². The lowest BCUT2D eigenvalue weighted by Gasteiger charge is -2.09. The fourth-order valence-corrected chi connectivity index (χ4v) is 2.16. The van der Waals surface area contributed by atoms with Crippen LogP contribution < -0.4 is 5.73 Å². The first-order chi connectivity index (χ1) is 6.72. The van der Waals surface area contributed by atoms with E-state index in [1.807, 2.05) is 6.07 Å². The van der Waals surface area contributed by atoms with Crippen molar-refractivity contribution in [2.45, 2.75) is 30.7 Å². The Morgan fingerprint density at radius 3 is 2.93 bits per heavy atom. The molecule has 1 aromatic rings. The third kappa shape index (κ3) is 4.11. The van der Waals surface area contributed by atoms with Crippen LogP contribution in [0.15, 0.2) is 29.2 Å². The van der Waals surface area contributed by atoms with Crippen LogP contribution in [0.25, 0.3) is 0 Å². The van der Waals surface area contributed by atoms with Gasteiger partial charge in [0, 0.05) is 16.7 Å². The summed E-state index contributed by atoms with van der Waals surface area (Å²) in [5.41, 5.74) is 5.86. The van der Waals surface area contributed by atoms with Crippen molar-refractivity contribution >= 4 is 11.8 Å². The molecule has 0 bridgehead atoms. The van der Waals surface area contributed by atoms with Gasteiger partial charge in [-0.05, 0) is 24.6 Å². The Balaban J connectivity index is 2.37. The van der Waals surface area contributed by atoms with Crippen molar-refractivity contribution in [3.8, 4) is 0 Å². The minimum Gasteiger partial charge on any atom is -0.327 e. The molecule has 3 heteroatoms. The van der Waals surface area contributed by atoms with E-state index >= 15 is 0 Å².